The number of rotatable bonds is 4. The van der Waals surface area contributed by atoms with Gasteiger partial charge < -0.3 is 15.0 Å². The van der Waals surface area contributed by atoms with Gasteiger partial charge in [-0.3, -0.25) is 9.59 Å². The number of nitrogens with one attached hydrogen (secondary N) is 1. The second kappa shape index (κ2) is 8.42. The summed E-state index contributed by atoms with van der Waals surface area (Å²) in [5.74, 6) is -0.322. The van der Waals surface area contributed by atoms with Crippen molar-refractivity contribution in [3.63, 3.8) is 0 Å². The number of halogens is 1. The van der Waals surface area contributed by atoms with Gasteiger partial charge in [-0.25, -0.2) is 14.4 Å². The van der Waals surface area contributed by atoms with Gasteiger partial charge in [0.15, 0.2) is 5.82 Å². The molecule has 2 fully saturated rings. The second-order valence-corrected chi connectivity index (χ2v) is 7.06. The predicted molar refractivity (Wildman–Crippen MR) is 91.8 cm³/mol. The lowest BCUT2D eigenvalue weighted by Gasteiger charge is -2.33. The van der Waals surface area contributed by atoms with E-state index in [1.165, 1.54) is 0 Å². The highest BCUT2D eigenvalue weighted by molar-refractivity contribution is 5.79. The third kappa shape index (κ3) is 4.89. The number of likely N-dealkylation sites (tertiary alicyclic amines) is 1. The van der Waals surface area contributed by atoms with Crippen molar-refractivity contribution in [3.05, 3.63) is 18.2 Å². The third-order valence-corrected chi connectivity index (χ3v) is 5.20. The first kappa shape index (κ1) is 18.5. The Bertz CT molecular complexity index is 624. The van der Waals surface area contributed by atoms with Gasteiger partial charge in [-0.15, -0.1) is 0 Å². The molecular formula is C18H25FN4O3. The Morgan fingerprint density at radius 3 is 2.31 bits per heavy atom. The van der Waals surface area contributed by atoms with Crippen LogP contribution in [-0.4, -0.2) is 51.9 Å². The van der Waals surface area contributed by atoms with Crippen molar-refractivity contribution in [1.82, 2.24) is 20.2 Å². The van der Waals surface area contributed by atoms with Crippen molar-refractivity contribution in [1.29, 1.82) is 0 Å². The molecule has 3 rings (SSSR count). The highest BCUT2D eigenvalue weighted by Gasteiger charge is 2.29. The standard InChI is InChI=1S/C18H25FN4O3/c1-12(24)23-8-6-13(7-9-23)17(25)22-15-2-4-16(5-3-15)26-18-20-10-14(19)11-21-18/h10-11,13,15-16H,2-9H2,1H3,(H,22,25). The van der Waals surface area contributed by atoms with Crippen LogP contribution in [0, 0.1) is 11.7 Å². The molecule has 0 atom stereocenters. The number of hydrogen-bond donors (Lipinski definition) is 1. The summed E-state index contributed by atoms with van der Waals surface area (Å²) in [7, 11) is 0. The second-order valence-electron chi connectivity index (χ2n) is 7.06. The van der Waals surface area contributed by atoms with E-state index in [9.17, 15) is 14.0 Å². The van der Waals surface area contributed by atoms with Crippen LogP contribution in [0.2, 0.25) is 0 Å². The molecule has 8 heteroatoms. The molecule has 1 aromatic heterocycles. The van der Waals surface area contributed by atoms with E-state index in [1.807, 2.05) is 0 Å². The number of amides is 2. The van der Waals surface area contributed by atoms with Gasteiger partial charge in [0.2, 0.25) is 11.8 Å². The number of carbonyl (C=O) groups is 2. The number of piperidine rings is 1. The van der Waals surface area contributed by atoms with E-state index in [0.29, 0.717) is 13.1 Å². The van der Waals surface area contributed by atoms with E-state index < -0.39 is 5.82 Å². The average molecular weight is 364 g/mol. The number of aromatic nitrogens is 2. The Labute approximate surface area is 152 Å². The molecule has 1 aromatic rings. The molecule has 2 amide bonds. The van der Waals surface area contributed by atoms with Crippen molar-refractivity contribution in [2.24, 2.45) is 5.92 Å². The minimum Gasteiger partial charge on any atom is -0.460 e. The number of carbonyl (C=O) groups excluding carboxylic acids is 2. The molecule has 0 unspecified atom stereocenters. The molecule has 0 aromatic carbocycles. The van der Waals surface area contributed by atoms with Crippen molar-refractivity contribution in [2.45, 2.75) is 57.6 Å². The molecule has 26 heavy (non-hydrogen) atoms. The van der Waals surface area contributed by atoms with Crippen LogP contribution in [0.25, 0.3) is 0 Å². The maximum Gasteiger partial charge on any atom is 0.316 e. The zero-order valence-corrected chi connectivity index (χ0v) is 15.0. The van der Waals surface area contributed by atoms with E-state index >= 15 is 0 Å². The highest BCUT2D eigenvalue weighted by atomic mass is 19.1. The van der Waals surface area contributed by atoms with Crippen LogP contribution in [0.5, 0.6) is 6.01 Å². The zero-order valence-electron chi connectivity index (χ0n) is 15.0. The van der Waals surface area contributed by atoms with Gasteiger partial charge in [-0.1, -0.05) is 0 Å². The summed E-state index contributed by atoms with van der Waals surface area (Å²) >= 11 is 0. The highest BCUT2D eigenvalue weighted by Crippen LogP contribution is 2.24. The summed E-state index contributed by atoms with van der Waals surface area (Å²) in [4.78, 5) is 33.2. The number of nitrogens with zero attached hydrogens (tertiary/aromatic N) is 3. The van der Waals surface area contributed by atoms with Crippen molar-refractivity contribution >= 4 is 11.8 Å². The normalized spacial score (nSPS) is 24.2. The van der Waals surface area contributed by atoms with E-state index in [0.717, 1.165) is 50.9 Å². The monoisotopic (exact) mass is 364 g/mol. The fraction of sp³-hybridized carbons (Fsp3) is 0.667. The van der Waals surface area contributed by atoms with Gasteiger partial charge >= 0.3 is 6.01 Å². The Morgan fingerprint density at radius 1 is 1.12 bits per heavy atom. The van der Waals surface area contributed by atoms with Gasteiger partial charge in [0.1, 0.15) is 6.10 Å². The van der Waals surface area contributed by atoms with E-state index in [1.54, 1.807) is 11.8 Å². The lowest BCUT2D eigenvalue weighted by molar-refractivity contribution is -0.134. The molecule has 7 nitrogen and oxygen atoms in total. The largest absolute Gasteiger partial charge is 0.460 e. The summed E-state index contributed by atoms with van der Waals surface area (Å²) in [5.41, 5.74) is 0. The summed E-state index contributed by atoms with van der Waals surface area (Å²) in [6.07, 6.45) is 6.90. The fourth-order valence-electron chi connectivity index (χ4n) is 3.61. The van der Waals surface area contributed by atoms with Crippen LogP contribution in [0.3, 0.4) is 0 Å². The molecule has 2 heterocycles. The van der Waals surface area contributed by atoms with Crippen molar-refractivity contribution in [3.8, 4) is 6.01 Å². The molecule has 1 aliphatic carbocycles. The topological polar surface area (TPSA) is 84.4 Å². The van der Waals surface area contributed by atoms with Crippen LogP contribution < -0.4 is 10.1 Å². The Morgan fingerprint density at radius 2 is 1.73 bits per heavy atom. The molecule has 142 valence electrons. The molecule has 0 radical (unpaired) electrons. The van der Waals surface area contributed by atoms with Crippen LogP contribution >= 0.6 is 0 Å². The van der Waals surface area contributed by atoms with Crippen LogP contribution in [0.15, 0.2) is 12.4 Å². The van der Waals surface area contributed by atoms with E-state index in [4.69, 9.17) is 4.74 Å². The summed E-state index contributed by atoms with van der Waals surface area (Å²) in [5, 5.41) is 3.15. The molecule has 0 spiro atoms. The lowest BCUT2D eigenvalue weighted by atomic mass is 9.91. The molecule has 2 aliphatic rings. The minimum atomic E-state index is -0.488. The van der Waals surface area contributed by atoms with Crippen molar-refractivity contribution in [2.75, 3.05) is 13.1 Å². The molecule has 1 saturated carbocycles. The Kier molecular flexibility index (Phi) is 6.00. The van der Waals surface area contributed by atoms with Gasteiger partial charge in [-0.2, -0.15) is 0 Å². The number of ether oxygens (including phenoxy) is 1. The van der Waals surface area contributed by atoms with Crippen LogP contribution in [0.1, 0.15) is 45.4 Å². The minimum absolute atomic E-state index is 0.00702. The summed E-state index contributed by atoms with van der Waals surface area (Å²) in [6, 6.07) is 0.346. The first-order chi connectivity index (χ1) is 12.5. The van der Waals surface area contributed by atoms with Gasteiger partial charge in [0, 0.05) is 32.0 Å². The maximum absolute atomic E-state index is 12.8. The van der Waals surface area contributed by atoms with Crippen LogP contribution in [-0.2, 0) is 9.59 Å². The fourth-order valence-corrected chi connectivity index (χ4v) is 3.61. The summed E-state index contributed by atoms with van der Waals surface area (Å²) < 4.78 is 18.5. The molecule has 1 N–H and O–H groups in total. The molecule has 0 bridgehead atoms. The van der Waals surface area contributed by atoms with Crippen molar-refractivity contribution < 1.29 is 18.7 Å². The first-order valence-corrected chi connectivity index (χ1v) is 9.21. The summed E-state index contributed by atoms with van der Waals surface area (Å²) in [6.45, 7) is 2.88. The molecule has 1 saturated heterocycles. The third-order valence-electron chi connectivity index (χ3n) is 5.20. The first-order valence-electron chi connectivity index (χ1n) is 9.21. The van der Waals surface area contributed by atoms with Gasteiger partial charge in [0.05, 0.1) is 12.4 Å². The van der Waals surface area contributed by atoms with Gasteiger partial charge in [-0.05, 0) is 38.5 Å². The van der Waals surface area contributed by atoms with Crippen LogP contribution in [0.4, 0.5) is 4.39 Å². The Balaban J connectivity index is 1.39. The predicted octanol–water partition coefficient (Wildman–Crippen LogP) is 1.68. The van der Waals surface area contributed by atoms with E-state index in [2.05, 4.69) is 15.3 Å². The zero-order chi connectivity index (χ0) is 18.5. The number of hydrogen-bond acceptors (Lipinski definition) is 5. The molecule has 1 aliphatic heterocycles. The smallest absolute Gasteiger partial charge is 0.316 e. The molecular weight excluding hydrogens is 339 g/mol. The maximum atomic E-state index is 12.8. The Hall–Kier alpha value is -2.25. The SMILES string of the molecule is CC(=O)N1CCC(C(=O)NC2CCC(Oc3ncc(F)cn3)CC2)CC1. The average Bonchev–Trinajstić information content (AvgIpc) is 2.65. The van der Waals surface area contributed by atoms with E-state index in [-0.39, 0.29) is 35.9 Å². The van der Waals surface area contributed by atoms with Gasteiger partial charge in [0.25, 0.3) is 0 Å². The lowest BCUT2D eigenvalue weighted by Crippen LogP contribution is -2.46. The quantitative estimate of drug-likeness (QED) is 0.879.